The van der Waals surface area contributed by atoms with Crippen LogP contribution in [0.2, 0.25) is 0 Å². The van der Waals surface area contributed by atoms with Gasteiger partial charge in [-0.25, -0.2) is 13.4 Å². The third-order valence-corrected chi connectivity index (χ3v) is 5.64. The molecule has 1 heterocycles. The van der Waals surface area contributed by atoms with Gasteiger partial charge < -0.3 is 20.1 Å². The zero-order chi connectivity index (χ0) is 24.2. The van der Waals surface area contributed by atoms with Crippen molar-refractivity contribution in [1.82, 2.24) is 9.97 Å². The van der Waals surface area contributed by atoms with Crippen LogP contribution in [-0.2, 0) is 22.6 Å². The molecule has 2 aromatic carbocycles. The summed E-state index contributed by atoms with van der Waals surface area (Å²) >= 11 is 0. The molecule has 0 fully saturated rings. The fourth-order valence-corrected chi connectivity index (χ4v) is 3.58. The van der Waals surface area contributed by atoms with Crippen molar-refractivity contribution in [3.8, 4) is 11.5 Å². The highest BCUT2D eigenvalue weighted by molar-refractivity contribution is 7.90. The maximum atomic E-state index is 13.5. The number of halogens is 3. The second-order valence-electron chi connectivity index (χ2n) is 6.92. The van der Waals surface area contributed by atoms with Crippen LogP contribution in [0.25, 0.3) is 0 Å². The molecule has 0 bridgehead atoms. The summed E-state index contributed by atoms with van der Waals surface area (Å²) in [6.45, 7) is -0.0919. The number of alkyl halides is 3. The number of anilines is 3. The molecule has 0 aliphatic rings. The molecule has 3 aromatic rings. The van der Waals surface area contributed by atoms with Crippen molar-refractivity contribution < 1.29 is 31.1 Å². The summed E-state index contributed by atoms with van der Waals surface area (Å²) in [5, 5.41) is 5.46. The molecular formula is C21H21F3N4O4S. The largest absolute Gasteiger partial charge is 0.497 e. The summed E-state index contributed by atoms with van der Waals surface area (Å²) in [6.07, 6.45) is -2.99. The fraction of sp³-hybridized carbons (Fsp3) is 0.238. The van der Waals surface area contributed by atoms with Crippen molar-refractivity contribution in [2.45, 2.75) is 17.6 Å². The number of aromatic nitrogens is 2. The number of sulfone groups is 1. The van der Waals surface area contributed by atoms with Gasteiger partial charge in [-0.05, 0) is 29.8 Å². The van der Waals surface area contributed by atoms with Crippen molar-refractivity contribution in [3.63, 3.8) is 0 Å². The zero-order valence-electron chi connectivity index (χ0n) is 17.9. The van der Waals surface area contributed by atoms with Crippen LogP contribution in [0.4, 0.5) is 30.6 Å². The lowest BCUT2D eigenvalue weighted by Crippen LogP contribution is -2.14. The molecule has 0 amide bonds. The smallest absolute Gasteiger partial charge is 0.421 e. The Labute approximate surface area is 188 Å². The number of ether oxygens (including phenoxy) is 2. The Hall–Kier alpha value is -3.54. The third kappa shape index (κ3) is 6.04. The van der Waals surface area contributed by atoms with Crippen LogP contribution < -0.4 is 20.1 Å². The van der Waals surface area contributed by atoms with Gasteiger partial charge in [-0.2, -0.15) is 18.2 Å². The zero-order valence-corrected chi connectivity index (χ0v) is 18.7. The quantitative estimate of drug-likeness (QED) is 0.491. The average Bonchev–Trinajstić information content (AvgIpc) is 2.76. The Balaban J connectivity index is 1.92. The van der Waals surface area contributed by atoms with Crippen LogP contribution in [0.3, 0.4) is 0 Å². The lowest BCUT2D eigenvalue weighted by Gasteiger charge is -2.16. The van der Waals surface area contributed by atoms with Gasteiger partial charge in [0.05, 0.1) is 24.8 Å². The van der Waals surface area contributed by atoms with E-state index in [0.717, 1.165) is 6.26 Å². The Morgan fingerprint density at radius 3 is 2.45 bits per heavy atom. The number of nitrogens with zero attached hydrogens (tertiary/aromatic N) is 2. The van der Waals surface area contributed by atoms with Gasteiger partial charge >= 0.3 is 6.18 Å². The Bertz CT molecular complexity index is 1250. The van der Waals surface area contributed by atoms with E-state index < -0.39 is 27.4 Å². The van der Waals surface area contributed by atoms with Crippen molar-refractivity contribution in [1.29, 1.82) is 0 Å². The van der Waals surface area contributed by atoms with Gasteiger partial charge in [0.1, 0.15) is 22.9 Å². The average molecular weight is 482 g/mol. The van der Waals surface area contributed by atoms with E-state index in [9.17, 15) is 21.6 Å². The van der Waals surface area contributed by atoms with Crippen LogP contribution in [-0.4, -0.2) is 38.9 Å². The summed E-state index contributed by atoms with van der Waals surface area (Å²) in [5.41, 5.74) is -0.207. The third-order valence-electron chi connectivity index (χ3n) is 4.53. The molecule has 0 radical (unpaired) electrons. The second-order valence-corrected chi connectivity index (χ2v) is 8.93. The first-order valence-electron chi connectivity index (χ1n) is 9.47. The number of methoxy groups -OCH3 is 2. The number of nitrogens with one attached hydrogen (secondary N) is 2. The van der Waals surface area contributed by atoms with E-state index in [1.807, 2.05) is 0 Å². The van der Waals surface area contributed by atoms with Gasteiger partial charge in [0, 0.05) is 25.1 Å². The van der Waals surface area contributed by atoms with E-state index in [1.165, 1.54) is 32.4 Å². The monoisotopic (exact) mass is 482 g/mol. The molecule has 1 aromatic heterocycles. The summed E-state index contributed by atoms with van der Waals surface area (Å²) in [6, 6.07) is 10.8. The summed E-state index contributed by atoms with van der Waals surface area (Å²) < 4.78 is 74.4. The Morgan fingerprint density at radius 2 is 1.82 bits per heavy atom. The van der Waals surface area contributed by atoms with Gasteiger partial charge in [0.2, 0.25) is 5.95 Å². The number of hydrogen-bond acceptors (Lipinski definition) is 8. The van der Waals surface area contributed by atoms with E-state index in [1.54, 1.807) is 24.3 Å². The Kier molecular flexibility index (Phi) is 6.96. The van der Waals surface area contributed by atoms with Gasteiger partial charge in [-0.1, -0.05) is 12.1 Å². The molecule has 8 nitrogen and oxygen atoms in total. The molecule has 0 saturated heterocycles. The van der Waals surface area contributed by atoms with Gasteiger partial charge in [-0.15, -0.1) is 0 Å². The Morgan fingerprint density at radius 1 is 1.06 bits per heavy atom. The first-order valence-corrected chi connectivity index (χ1v) is 11.4. The molecule has 0 atom stereocenters. The molecule has 0 spiro atoms. The van der Waals surface area contributed by atoms with Gasteiger partial charge in [-0.3, -0.25) is 0 Å². The van der Waals surface area contributed by atoms with E-state index in [4.69, 9.17) is 9.47 Å². The van der Waals surface area contributed by atoms with Gasteiger partial charge in [0.15, 0.2) is 9.84 Å². The molecule has 176 valence electrons. The molecule has 0 unspecified atom stereocenters. The predicted molar refractivity (Wildman–Crippen MR) is 117 cm³/mol. The topological polar surface area (TPSA) is 102 Å². The van der Waals surface area contributed by atoms with Crippen LogP contribution in [0.15, 0.2) is 53.6 Å². The normalized spacial score (nSPS) is 11.7. The number of rotatable bonds is 8. The van der Waals surface area contributed by atoms with Crippen LogP contribution in [0.5, 0.6) is 11.5 Å². The SMILES string of the molecule is COc1ccc(OC)c(Nc2ncc(C(F)(F)F)c(NCc3cccc(S(C)(=O)=O)c3)n2)c1. The molecule has 3 rings (SSSR count). The van der Waals surface area contributed by atoms with Gasteiger partial charge in [0.25, 0.3) is 0 Å². The first kappa shape index (κ1) is 24.1. The summed E-state index contributed by atoms with van der Waals surface area (Å²) in [5.74, 6) is 0.328. The van der Waals surface area contributed by atoms with Crippen molar-refractivity contribution >= 4 is 27.3 Å². The van der Waals surface area contributed by atoms with Crippen molar-refractivity contribution in [2.75, 3.05) is 31.1 Å². The predicted octanol–water partition coefficient (Wildman–Crippen LogP) is 4.27. The summed E-state index contributed by atoms with van der Waals surface area (Å²) in [7, 11) is -0.543. The molecule has 2 N–H and O–H groups in total. The fourth-order valence-electron chi connectivity index (χ4n) is 2.89. The van der Waals surface area contributed by atoms with E-state index >= 15 is 0 Å². The van der Waals surface area contributed by atoms with E-state index in [-0.39, 0.29) is 17.4 Å². The highest BCUT2D eigenvalue weighted by Gasteiger charge is 2.35. The molecule has 0 saturated carbocycles. The first-order chi connectivity index (χ1) is 15.5. The van der Waals surface area contributed by atoms with Crippen LogP contribution in [0, 0.1) is 0 Å². The van der Waals surface area contributed by atoms with Crippen molar-refractivity contribution in [3.05, 3.63) is 59.8 Å². The van der Waals surface area contributed by atoms with Crippen LogP contribution >= 0.6 is 0 Å². The molecule has 0 aliphatic heterocycles. The van der Waals surface area contributed by atoms with E-state index in [2.05, 4.69) is 20.6 Å². The number of benzene rings is 2. The lowest BCUT2D eigenvalue weighted by atomic mass is 10.2. The highest BCUT2D eigenvalue weighted by Crippen LogP contribution is 2.35. The number of hydrogen-bond donors (Lipinski definition) is 2. The minimum absolute atomic E-state index is 0.0630. The second kappa shape index (κ2) is 9.53. The minimum Gasteiger partial charge on any atom is -0.497 e. The van der Waals surface area contributed by atoms with Crippen LogP contribution in [0.1, 0.15) is 11.1 Å². The molecule has 33 heavy (non-hydrogen) atoms. The van der Waals surface area contributed by atoms with Crippen molar-refractivity contribution in [2.24, 2.45) is 0 Å². The summed E-state index contributed by atoms with van der Waals surface area (Å²) in [4.78, 5) is 7.82. The standard InChI is InChI=1S/C21H21F3N4O4S/c1-31-14-7-8-18(32-2)17(10-14)27-20-26-12-16(21(22,23)24)19(28-20)25-11-13-5-4-6-15(9-13)33(3,29)30/h4-10,12H,11H2,1-3H3,(H2,25,26,27,28). The maximum Gasteiger partial charge on any atom is 0.421 e. The minimum atomic E-state index is -4.71. The lowest BCUT2D eigenvalue weighted by molar-refractivity contribution is -0.137. The highest BCUT2D eigenvalue weighted by atomic mass is 32.2. The maximum absolute atomic E-state index is 13.5. The molecular weight excluding hydrogens is 461 g/mol. The molecule has 0 aliphatic carbocycles. The molecule has 12 heteroatoms. The van der Waals surface area contributed by atoms with E-state index in [0.29, 0.717) is 28.9 Å².